The molecule has 2 aliphatic carbocycles. The first-order valence-corrected chi connectivity index (χ1v) is 7.55. The first-order chi connectivity index (χ1) is 9.24. The highest BCUT2D eigenvalue weighted by atomic mass is 15.2. The predicted octanol–water partition coefficient (Wildman–Crippen LogP) is 2.07. The van der Waals surface area contributed by atoms with Crippen LogP contribution in [0.15, 0.2) is 24.5 Å². The molecule has 1 aromatic rings. The van der Waals surface area contributed by atoms with Crippen LogP contribution in [-0.4, -0.2) is 35.6 Å². The molecule has 2 fully saturated rings. The molecule has 2 aliphatic rings. The smallest absolute Gasteiger partial charge is 0.0359 e. The average molecular weight is 259 g/mol. The van der Waals surface area contributed by atoms with Crippen molar-refractivity contribution in [3.05, 3.63) is 30.1 Å². The number of nitrogens with two attached hydrogens (primary N) is 1. The Labute approximate surface area is 116 Å². The van der Waals surface area contributed by atoms with Crippen molar-refractivity contribution in [3.63, 3.8) is 0 Å². The van der Waals surface area contributed by atoms with Crippen molar-refractivity contribution in [1.82, 2.24) is 9.88 Å². The summed E-state index contributed by atoms with van der Waals surface area (Å²) in [5, 5.41) is 0. The van der Waals surface area contributed by atoms with Crippen molar-refractivity contribution in [2.45, 2.75) is 37.6 Å². The minimum Gasteiger partial charge on any atom is -0.329 e. The number of rotatable bonds is 5. The van der Waals surface area contributed by atoms with Crippen LogP contribution < -0.4 is 5.73 Å². The lowest BCUT2D eigenvalue weighted by Gasteiger charge is -2.44. The van der Waals surface area contributed by atoms with Crippen LogP contribution in [0.5, 0.6) is 0 Å². The van der Waals surface area contributed by atoms with Crippen LogP contribution in [-0.2, 0) is 6.42 Å². The highest BCUT2D eigenvalue weighted by Crippen LogP contribution is 2.52. The average Bonchev–Trinajstić information content (AvgIpc) is 3.06. The molecular formula is C16H25N3. The van der Waals surface area contributed by atoms with Crippen molar-refractivity contribution in [1.29, 1.82) is 0 Å². The molecule has 0 aliphatic heterocycles. The van der Waals surface area contributed by atoms with Gasteiger partial charge in [0.25, 0.3) is 0 Å². The zero-order valence-corrected chi connectivity index (χ0v) is 11.9. The third-order valence-corrected chi connectivity index (χ3v) is 5.54. The molecule has 2 N–H and O–H groups in total. The normalized spacial score (nSPS) is 33.2. The zero-order chi connectivity index (χ0) is 13.3. The lowest BCUT2D eigenvalue weighted by Crippen LogP contribution is -2.56. The summed E-state index contributed by atoms with van der Waals surface area (Å²) >= 11 is 0. The molecule has 19 heavy (non-hydrogen) atoms. The lowest BCUT2D eigenvalue weighted by atomic mass is 9.79. The number of hydrogen-bond acceptors (Lipinski definition) is 3. The maximum atomic E-state index is 6.17. The second kappa shape index (κ2) is 5.22. The van der Waals surface area contributed by atoms with Gasteiger partial charge in [-0.3, -0.25) is 9.88 Å². The summed E-state index contributed by atoms with van der Waals surface area (Å²) in [7, 11) is 2.27. The van der Waals surface area contributed by atoms with Crippen LogP contribution in [0.1, 0.15) is 31.2 Å². The summed E-state index contributed by atoms with van der Waals surface area (Å²) in [5.41, 5.74) is 7.83. The van der Waals surface area contributed by atoms with Gasteiger partial charge < -0.3 is 5.73 Å². The number of likely N-dealkylation sites (N-methyl/N-ethyl adjacent to an activating group) is 1. The van der Waals surface area contributed by atoms with Crippen molar-refractivity contribution in [3.8, 4) is 0 Å². The molecular weight excluding hydrogens is 234 g/mol. The van der Waals surface area contributed by atoms with Crippen molar-refractivity contribution >= 4 is 0 Å². The van der Waals surface area contributed by atoms with Crippen molar-refractivity contribution in [2.24, 2.45) is 17.6 Å². The second-order valence-electron chi connectivity index (χ2n) is 6.41. The van der Waals surface area contributed by atoms with Gasteiger partial charge in [0.05, 0.1) is 0 Å². The molecule has 3 rings (SSSR count). The molecule has 0 amide bonds. The fourth-order valence-electron chi connectivity index (χ4n) is 4.36. The molecule has 3 nitrogen and oxygen atoms in total. The molecule has 3 heteroatoms. The van der Waals surface area contributed by atoms with Crippen LogP contribution in [0.2, 0.25) is 0 Å². The minimum absolute atomic E-state index is 0.288. The van der Waals surface area contributed by atoms with Crippen LogP contribution in [0.3, 0.4) is 0 Å². The van der Waals surface area contributed by atoms with Gasteiger partial charge >= 0.3 is 0 Å². The number of aromatic nitrogens is 1. The number of fused-ring (bicyclic) bond motifs is 2. The molecule has 2 saturated carbocycles. The van der Waals surface area contributed by atoms with E-state index in [0.717, 1.165) is 31.3 Å². The lowest BCUT2D eigenvalue weighted by molar-refractivity contribution is 0.0668. The Kier molecular flexibility index (Phi) is 3.59. The van der Waals surface area contributed by atoms with Crippen molar-refractivity contribution < 1.29 is 0 Å². The van der Waals surface area contributed by atoms with Gasteiger partial charge in [-0.25, -0.2) is 0 Å². The van der Waals surface area contributed by atoms with E-state index in [9.17, 15) is 0 Å². The Morgan fingerprint density at radius 2 is 2.16 bits per heavy atom. The Hall–Kier alpha value is -0.930. The Balaban J connectivity index is 1.64. The van der Waals surface area contributed by atoms with Gasteiger partial charge in [-0.15, -0.1) is 0 Å². The van der Waals surface area contributed by atoms with Crippen LogP contribution in [0.25, 0.3) is 0 Å². The first kappa shape index (κ1) is 13.1. The third kappa shape index (κ3) is 2.30. The molecule has 104 valence electrons. The largest absolute Gasteiger partial charge is 0.329 e. The fourth-order valence-corrected chi connectivity index (χ4v) is 4.36. The van der Waals surface area contributed by atoms with E-state index in [0.29, 0.717) is 0 Å². The Morgan fingerprint density at radius 1 is 1.37 bits per heavy atom. The van der Waals surface area contributed by atoms with E-state index in [1.54, 1.807) is 0 Å². The standard InChI is InChI=1S/C16H25N3/c1-19(9-6-13-4-7-18-8-5-13)16(12-17)11-14-2-3-15(16)10-14/h4-5,7-8,14-15H,2-3,6,9-12,17H2,1H3. The summed E-state index contributed by atoms with van der Waals surface area (Å²) in [6.45, 7) is 1.92. The summed E-state index contributed by atoms with van der Waals surface area (Å²) in [6.07, 6.45) is 10.4. The topological polar surface area (TPSA) is 42.2 Å². The molecule has 3 unspecified atom stereocenters. The van der Waals surface area contributed by atoms with E-state index in [-0.39, 0.29) is 5.54 Å². The maximum absolute atomic E-state index is 6.17. The molecule has 3 atom stereocenters. The Morgan fingerprint density at radius 3 is 2.74 bits per heavy atom. The van der Waals surface area contributed by atoms with Gasteiger partial charge in [0.15, 0.2) is 0 Å². The summed E-state index contributed by atoms with van der Waals surface area (Å²) in [4.78, 5) is 6.63. The Bertz CT molecular complexity index is 419. The van der Waals surface area contributed by atoms with Gasteiger partial charge in [0.2, 0.25) is 0 Å². The molecule has 0 radical (unpaired) electrons. The SMILES string of the molecule is CN(CCc1ccncc1)C1(CN)CC2CCC1C2. The summed E-state index contributed by atoms with van der Waals surface area (Å²) in [5.74, 6) is 1.78. The molecule has 1 heterocycles. The van der Waals surface area contributed by atoms with Gasteiger partial charge in [-0.05, 0) is 62.3 Å². The maximum Gasteiger partial charge on any atom is 0.0359 e. The van der Waals surface area contributed by atoms with Gasteiger partial charge in [-0.2, -0.15) is 0 Å². The van der Waals surface area contributed by atoms with E-state index >= 15 is 0 Å². The number of nitrogens with zero attached hydrogens (tertiary/aromatic N) is 2. The molecule has 0 saturated heterocycles. The fraction of sp³-hybridized carbons (Fsp3) is 0.688. The summed E-state index contributed by atoms with van der Waals surface area (Å²) < 4.78 is 0. The number of hydrogen-bond donors (Lipinski definition) is 1. The van der Waals surface area contributed by atoms with Crippen LogP contribution >= 0.6 is 0 Å². The van der Waals surface area contributed by atoms with Gasteiger partial charge in [0.1, 0.15) is 0 Å². The van der Waals surface area contributed by atoms with Gasteiger partial charge in [-0.1, -0.05) is 6.42 Å². The van der Waals surface area contributed by atoms with Crippen LogP contribution in [0.4, 0.5) is 0 Å². The third-order valence-electron chi connectivity index (χ3n) is 5.54. The molecule has 1 aromatic heterocycles. The predicted molar refractivity (Wildman–Crippen MR) is 77.8 cm³/mol. The van der Waals surface area contributed by atoms with E-state index in [1.807, 2.05) is 12.4 Å². The van der Waals surface area contributed by atoms with Gasteiger partial charge in [0, 0.05) is 31.0 Å². The van der Waals surface area contributed by atoms with E-state index in [4.69, 9.17) is 5.73 Å². The highest BCUT2D eigenvalue weighted by Gasteiger charge is 2.51. The molecule has 0 aromatic carbocycles. The number of pyridine rings is 1. The monoisotopic (exact) mass is 259 g/mol. The van der Waals surface area contributed by atoms with Crippen LogP contribution in [0, 0.1) is 11.8 Å². The molecule has 2 bridgehead atoms. The minimum atomic E-state index is 0.288. The van der Waals surface area contributed by atoms with E-state index in [2.05, 4.69) is 29.1 Å². The second-order valence-corrected chi connectivity index (χ2v) is 6.41. The summed E-state index contributed by atoms with van der Waals surface area (Å²) in [6, 6.07) is 4.23. The van der Waals surface area contributed by atoms with Crippen molar-refractivity contribution in [2.75, 3.05) is 20.1 Å². The molecule has 0 spiro atoms. The zero-order valence-electron chi connectivity index (χ0n) is 11.9. The van der Waals surface area contributed by atoms with E-state index < -0.39 is 0 Å². The van der Waals surface area contributed by atoms with E-state index in [1.165, 1.54) is 31.2 Å². The quantitative estimate of drug-likeness (QED) is 0.880. The highest BCUT2D eigenvalue weighted by molar-refractivity contribution is 5.12. The first-order valence-electron chi connectivity index (χ1n) is 7.55.